The lowest BCUT2D eigenvalue weighted by molar-refractivity contribution is -0.385. The van der Waals surface area contributed by atoms with Crippen LogP contribution < -0.4 is 0 Å². The fourth-order valence-electron chi connectivity index (χ4n) is 0.891. The highest BCUT2D eigenvalue weighted by molar-refractivity contribution is 7.91. The molecule has 0 unspecified atom stereocenters. The molecule has 0 bridgehead atoms. The van der Waals surface area contributed by atoms with Gasteiger partial charge < -0.3 is 0 Å². The van der Waals surface area contributed by atoms with Crippen LogP contribution >= 0.6 is 11.6 Å². The van der Waals surface area contributed by atoms with Crippen molar-refractivity contribution in [3.05, 3.63) is 27.5 Å². The van der Waals surface area contributed by atoms with Gasteiger partial charge in [0.25, 0.3) is 5.69 Å². The summed E-state index contributed by atoms with van der Waals surface area (Å²) in [4.78, 5) is 12.8. The van der Waals surface area contributed by atoms with Crippen molar-refractivity contribution in [1.29, 1.82) is 0 Å². The van der Waals surface area contributed by atoms with Gasteiger partial charge in [-0.15, -0.1) is 0 Å². The Balaban J connectivity index is 3.42. The largest absolute Gasteiger partial charge is 0.288 e. The summed E-state index contributed by atoms with van der Waals surface area (Å²) in [6.07, 6.45) is 0.914. The van der Waals surface area contributed by atoms with Crippen LogP contribution in [0.25, 0.3) is 0 Å². The van der Waals surface area contributed by atoms with Crippen LogP contribution in [0.5, 0.6) is 0 Å². The van der Waals surface area contributed by atoms with Gasteiger partial charge in [-0.1, -0.05) is 18.5 Å². The van der Waals surface area contributed by atoms with Gasteiger partial charge in [0.05, 0.1) is 10.7 Å². The van der Waals surface area contributed by atoms with E-state index in [2.05, 4.69) is 4.98 Å². The topological polar surface area (TPSA) is 90.2 Å². The van der Waals surface area contributed by atoms with Crippen LogP contribution in [0.1, 0.15) is 6.92 Å². The first-order chi connectivity index (χ1) is 6.88. The lowest BCUT2D eigenvalue weighted by Crippen LogP contribution is -2.06. The van der Waals surface area contributed by atoms with E-state index in [0.717, 1.165) is 12.3 Å². The van der Waals surface area contributed by atoms with Gasteiger partial charge >= 0.3 is 0 Å². The highest BCUT2D eigenvalue weighted by Crippen LogP contribution is 2.24. The Hall–Kier alpha value is -1.21. The highest BCUT2D eigenvalue weighted by atomic mass is 35.5. The van der Waals surface area contributed by atoms with Crippen LogP contribution in [0.3, 0.4) is 0 Å². The van der Waals surface area contributed by atoms with Gasteiger partial charge in [-0.2, -0.15) is 0 Å². The number of hydrogen-bond donors (Lipinski definition) is 0. The van der Waals surface area contributed by atoms with Crippen LogP contribution in [-0.2, 0) is 9.84 Å². The minimum Gasteiger partial charge on any atom is -0.258 e. The first kappa shape index (κ1) is 11.9. The number of aromatic nitrogens is 1. The van der Waals surface area contributed by atoms with E-state index in [-0.39, 0.29) is 15.8 Å². The molecule has 0 fully saturated rings. The average Bonchev–Trinajstić information content (AvgIpc) is 2.17. The number of hydrogen-bond acceptors (Lipinski definition) is 5. The molecule has 0 spiro atoms. The van der Waals surface area contributed by atoms with Crippen molar-refractivity contribution in [1.82, 2.24) is 4.98 Å². The smallest absolute Gasteiger partial charge is 0.258 e. The van der Waals surface area contributed by atoms with E-state index >= 15 is 0 Å². The van der Waals surface area contributed by atoms with E-state index in [0.29, 0.717) is 0 Å². The van der Waals surface area contributed by atoms with Crippen molar-refractivity contribution in [3.8, 4) is 0 Å². The number of pyridine rings is 1. The van der Waals surface area contributed by atoms with Gasteiger partial charge in [0.15, 0.2) is 9.84 Å². The van der Waals surface area contributed by atoms with Crippen LogP contribution in [0.15, 0.2) is 17.2 Å². The summed E-state index contributed by atoms with van der Waals surface area (Å²) in [6, 6.07) is 0.911. The van der Waals surface area contributed by atoms with Crippen molar-refractivity contribution in [3.63, 3.8) is 0 Å². The molecule has 8 heteroatoms. The molecule has 1 rings (SSSR count). The summed E-state index contributed by atoms with van der Waals surface area (Å²) in [5.74, 6) is -0.185. The molecule has 15 heavy (non-hydrogen) atoms. The summed E-state index contributed by atoms with van der Waals surface area (Å²) in [5, 5.41) is 10.2. The summed E-state index contributed by atoms with van der Waals surface area (Å²) in [5.41, 5.74) is -0.397. The van der Waals surface area contributed by atoms with E-state index in [9.17, 15) is 18.5 Å². The third-order valence-electron chi connectivity index (χ3n) is 1.72. The van der Waals surface area contributed by atoms with E-state index in [4.69, 9.17) is 11.6 Å². The van der Waals surface area contributed by atoms with Crippen molar-refractivity contribution < 1.29 is 13.3 Å². The molecule has 0 aromatic carbocycles. The second kappa shape index (κ2) is 4.11. The molecule has 0 aliphatic carbocycles. The summed E-state index contributed by atoms with van der Waals surface area (Å²) in [7, 11) is -3.58. The van der Waals surface area contributed by atoms with Gasteiger partial charge in [0.2, 0.25) is 0 Å². The maximum absolute atomic E-state index is 11.4. The third kappa shape index (κ3) is 2.42. The predicted molar refractivity (Wildman–Crippen MR) is 53.6 cm³/mol. The molecule has 82 valence electrons. The molecule has 1 aromatic rings. The fourth-order valence-corrected chi connectivity index (χ4v) is 2.27. The molecular weight excluding hydrogens is 244 g/mol. The van der Waals surface area contributed by atoms with E-state index in [1.807, 2.05) is 0 Å². The number of halogens is 1. The summed E-state index contributed by atoms with van der Waals surface area (Å²) >= 11 is 5.55. The molecule has 1 heterocycles. The lowest BCUT2D eigenvalue weighted by Gasteiger charge is -2.02. The Bertz CT molecular complexity index is 500. The first-order valence-corrected chi connectivity index (χ1v) is 5.94. The summed E-state index contributed by atoms with van der Waals surface area (Å²) in [6.45, 7) is 1.42. The number of nitro groups is 1. The Morgan fingerprint density at radius 2 is 2.20 bits per heavy atom. The Morgan fingerprint density at radius 1 is 1.60 bits per heavy atom. The maximum Gasteiger partial charge on any atom is 0.288 e. The minimum absolute atomic E-state index is 0.185. The monoisotopic (exact) mass is 250 g/mol. The predicted octanol–water partition coefficient (Wildman–Crippen LogP) is 1.44. The molecule has 0 N–H and O–H groups in total. The van der Waals surface area contributed by atoms with Crippen LogP contribution in [-0.4, -0.2) is 24.1 Å². The van der Waals surface area contributed by atoms with Gasteiger partial charge in [-0.3, -0.25) is 10.1 Å². The second-order valence-corrected chi connectivity index (χ2v) is 5.25. The Kier molecular flexibility index (Phi) is 3.25. The standard InChI is InChI=1S/C7H7ClN2O4S/c1-2-15(13,14)6-3-5(10(11)12)4-9-7(6)8/h3-4H,2H2,1H3. The number of sulfone groups is 1. The van der Waals surface area contributed by atoms with E-state index in [1.165, 1.54) is 6.92 Å². The quantitative estimate of drug-likeness (QED) is 0.460. The fraction of sp³-hybridized carbons (Fsp3) is 0.286. The molecule has 0 radical (unpaired) electrons. The molecule has 0 aliphatic heterocycles. The van der Waals surface area contributed by atoms with Crippen molar-refractivity contribution >= 4 is 27.1 Å². The van der Waals surface area contributed by atoms with Gasteiger partial charge in [-0.05, 0) is 0 Å². The highest BCUT2D eigenvalue weighted by Gasteiger charge is 2.20. The van der Waals surface area contributed by atoms with Crippen LogP contribution in [0, 0.1) is 10.1 Å². The van der Waals surface area contributed by atoms with E-state index < -0.39 is 20.4 Å². The number of nitrogens with zero attached hydrogens (tertiary/aromatic N) is 2. The van der Waals surface area contributed by atoms with Crippen LogP contribution in [0.2, 0.25) is 5.15 Å². The van der Waals surface area contributed by atoms with Gasteiger partial charge in [0, 0.05) is 6.07 Å². The molecule has 0 saturated heterocycles. The molecule has 0 atom stereocenters. The summed E-state index contributed by atoms with van der Waals surface area (Å²) < 4.78 is 22.9. The second-order valence-electron chi connectivity index (χ2n) is 2.64. The van der Waals surface area contributed by atoms with Crippen LogP contribution in [0.4, 0.5) is 5.69 Å². The zero-order valence-electron chi connectivity index (χ0n) is 7.68. The average molecular weight is 251 g/mol. The van der Waals surface area contributed by atoms with Gasteiger partial charge in [-0.25, -0.2) is 13.4 Å². The van der Waals surface area contributed by atoms with Crippen molar-refractivity contribution in [2.24, 2.45) is 0 Å². The Labute approximate surface area is 91.0 Å². The zero-order valence-corrected chi connectivity index (χ0v) is 9.25. The SMILES string of the molecule is CCS(=O)(=O)c1cc([N+](=O)[O-])cnc1Cl. The molecule has 6 nitrogen and oxygen atoms in total. The maximum atomic E-state index is 11.4. The number of rotatable bonds is 3. The molecule has 0 saturated carbocycles. The lowest BCUT2D eigenvalue weighted by atomic mass is 10.4. The normalized spacial score (nSPS) is 11.3. The third-order valence-corrected chi connectivity index (χ3v) is 3.87. The first-order valence-electron chi connectivity index (χ1n) is 3.91. The Morgan fingerprint density at radius 3 is 2.67 bits per heavy atom. The molecule has 0 amide bonds. The molecule has 1 aromatic heterocycles. The molecular formula is C7H7ClN2O4S. The zero-order chi connectivity index (χ0) is 11.6. The molecule has 0 aliphatic rings. The minimum atomic E-state index is -3.58. The van der Waals surface area contributed by atoms with Gasteiger partial charge in [0.1, 0.15) is 16.2 Å². The van der Waals surface area contributed by atoms with Crippen molar-refractivity contribution in [2.45, 2.75) is 11.8 Å². The van der Waals surface area contributed by atoms with E-state index in [1.54, 1.807) is 0 Å². The van der Waals surface area contributed by atoms with Crippen molar-refractivity contribution in [2.75, 3.05) is 5.75 Å².